The van der Waals surface area contributed by atoms with Crippen molar-refractivity contribution in [2.24, 2.45) is 5.92 Å². The Morgan fingerprint density at radius 1 is 1.05 bits per heavy atom. The molecule has 1 saturated carbocycles. The van der Waals surface area contributed by atoms with Crippen LogP contribution in [0.4, 0.5) is 15.9 Å². The number of phenols is 1. The number of alkyl halides is 1. The van der Waals surface area contributed by atoms with Crippen LogP contribution in [0.1, 0.15) is 56.2 Å². The summed E-state index contributed by atoms with van der Waals surface area (Å²) in [6.07, 6.45) is 7.60. The third-order valence-electron chi connectivity index (χ3n) is 11.5. The molecule has 9 rings (SSSR count). The molecular weight excluding hydrogens is 579 g/mol. The summed E-state index contributed by atoms with van der Waals surface area (Å²) in [6.45, 7) is 4.16. The molecular formula is C34H40ClFN6O2. The van der Waals surface area contributed by atoms with E-state index in [0.717, 1.165) is 60.4 Å². The zero-order valence-electron chi connectivity index (χ0n) is 25.0. The van der Waals surface area contributed by atoms with Crippen LogP contribution in [0, 0.1) is 5.92 Å². The molecule has 6 aliphatic rings. The maximum atomic E-state index is 14.9. The van der Waals surface area contributed by atoms with E-state index >= 15 is 0 Å². The van der Waals surface area contributed by atoms with Crippen molar-refractivity contribution in [1.29, 1.82) is 0 Å². The van der Waals surface area contributed by atoms with Crippen LogP contribution in [0.5, 0.6) is 11.8 Å². The lowest BCUT2D eigenvalue weighted by Gasteiger charge is -2.38. The Bertz CT molecular complexity index is 1610. The molecule has 4 saturated heterocycles. The van der Waals surface area contributed by atoms with Gasteiger partial charge >= 0.3 is 6.01 Å². The van der Waals surface area contributed by atoms with Gasteiger partial charge in [0, 0.05) is 67.7 Å². The van der Waals surface area contributed by atoms with Gasteiger partial charge in [-0.1, -0.05) is 30.2 Å². The van der Waals surface area contributed by atoms with Gasteiger partial charge in [0.2, 0.25) is 0 Å². The van der Waals surface area contributed by atoms with Crippen molar-refractivity contribution in [3.8, 4) is 11.8 Å². The Kier molecular flexibility index (Phi) is 6.44. The molecule has 10 heteroatoms. The SMILES string of the molecule is Oc1cc(N2CCc3c(nc(OC[C@@]45C[C@@H](F)CN4[C@@H]4CCC[C@@H]4C5)nc3N3CC4CCC(C3)N4)C2)c2c(Cl)cccc2c1. The van der Waals surface area contributed by atoms with Crippen LogP contribution in [0.2, 0.25) is 5.02 Å². The maximum absolute atomic E-state index is 14.9. The van der Waals surface area contributed by atoms with Gasteiger partial charge in [-0.15, -0.1) is 0 Å². The fraction of sp³-hybridized carbons (Fsp3) is 0.588. The molecule has 6 atom stereocenters. The molecule has 2 bridgehead atoms. The van der Waals surface area contributed by atoms with Crippen LogP contribution in [0.3, 0.4) is 0 Å². The molecule has 0 radical (unpaired) electrons. The molecule has 2 unspecified atom stereocenters. The van der Waals surface area contributed by atoms with Gasteiger partial charge in [0.05, 0.1) is 28.5 Å². The topological polar surface area (TPSA) is 77.0 Å². The minimum absolute atomic E-state index is 0.220. The van der Waals surface area contributed by atoms with Crippen LogP contribution in [-0.4, -0.2) is 82.6 Å². The number of rotatable bonds is 5. The number of ether oxygens (including phenoxy) is 1. The van der Waals surface area contributed by atoms with E-state index in [0.29, 0.717) is 61.2 Å². The lowest BCUT2D eigenvalue weighted by molar-refractivity contribution is 0.0829. The van der Waals surface area contributed by atoms with E-state index in [1.54, 1.807) is 6.07 Å². The van der Waals surface area contributed by atoms with Gasteiger partial charge in [0.1, 0.15) is 24.3 Å². The van der Waals surface area contributed by atoms with E-state index in [9.17, 15) is 9.50 Å². The standard InChI is InChI=1S/C34H40ClFN6O2/c35-27-5-1-3-20-11-25(43)12-30(31(20)27)40-10-9-26-28(18-40)38-33(39-32(26)41-16-23-7-8-24(17-41)37-23)44-19-34-13-21-4-2-6-29(21)42(34)15-22(36)14-34/h1,3,5,11-12,21-24,29,37,43H,2,4,6-10,13-19H2/t21-,22-,23?,24?,29-,34-/m1/s1. The molecule has 232 valence electrons. The van der Waals surface area contributed by atoms with Gasteiger partial charge in [0.25, 0.3) is 0 Å². The van der Waals surface area contributed by atoms with Gasteiger partial charge in [0.15, 0.2) is 0 Å². The first-order valence-electron chi connectivity index (χ1n) is 16.5. The molecule has 0 spiro atoms. The summed E-state index contributed by atoms with van der Waals surface area (Å²) in [5.41, 5.74) is 2.79. The van der Waals surface area contributed by atoms with Crippen molar-refractivity contribution in [3.63, 3.8) is 0 Å². The average molecular weight is 619 g/mol. The highest BCUT2D eigenvalue weighted by Crippen LogP contribution is 2.52. The minimum Gasteiger partial charge on any atom is -0.508 e. The van der Waals surface area contributed by atoms with Crippen molar-refractivity contribution in [2.75, 3.05) is 42.6 Å². The third-order valence-corrected chi connectivity index (χ3v) is 11.8. The summed E-state index contributed by atoms with van der Waals surface area (Å²) in [7, 11) is 0. The Labute approximate surface area is 262 Å². The zero-order valence-corrected chi connectivity index (χ0v) is 25.8. The number of fused-ring (bicyclic) bond motifs is 7. The summed E-state index contributed by atoms with van der Waals surface area (Å²) in [5, 5.41) is 16.9. The number of hydrogen-bond acceptors (Lipinski definition) is 8. The number of benzene rings is 2. The fourth-order valence-corrected chi connectivity index (χ4v) is 10.0. The Balaban J connectivity index is 1.07. The molecule has 2 N–H and O–H groups in total. The van der Waals surface area contributed by atoms with Crippen LogP contribution >= 0.6 is 11.6 Å². The number of anilines is 2. The lowest BCUT2D eigenvalue weighted by atomic mass is 9.89. The quantitative estimate of drug-likeness (QED) is 0.403. The molecule has 44 heavy (non-hydrogen) atoms. The monoisotopic (exact) mass is 618 g/mol. The van der Waals surface area contributed by atoms with E-state index in [2.05, 4.69) is 20.0 Å². The Morgan fingerprint density at radius 2 is 1.91 bits per heavy atom. The largest absolute Gasteiger partial charge is 0.508 e. The van der Waals surface area contributed by atoms with Crippen molar-refractivity contribution < 1.29 is 14.2 Å². The van der Waals surface area contributed by atoms with Crippen LogP contribution < -0.4 is 19.9 Å². The highest BCUT2D eigenvalue weighted by molar-refractivity contribution is 6.36. The van der Waals surface area contributed by atoms with Crippen molar-refractivity contribution >= 4 is 33.9 Å². The molecule has 6 heterocycles. The molecule has 3 aromatic rings. The second kappa shape index (κ2) is 10.3. The molecule has 0 amide bonds. The Hall–Kier alpha value is -2.88. The number of piperazine rings is 1. The molecule has 5 fully saturated rings. The molecule has 5 aliphatic heterocycles. The van der Waals surface area contributed by atoms with Crippen LogP contribution in [-0.2, 0) is 13.0 Å². The van der Waals surface area contributed by atoms with Gasteiger partial charge in [-0.2, -0.15) is 9.97 Å². The van der Waals surface area contributed by atoms with Crippen molar-refractivity contribution in [3.05, 3.63) is 46.6 Å². The second-order valence-corrected chi connectivity index (χ2v) is 14.6. The number of halogens is 2. The first-order chi connectivity index (χ1) is 21.4. The molecule has 1 aliphatic carbocycles. The van der Waals surface area contributed by atoms with Crippen molar-refractivity contribution in [2.45, 2.75) is 87.7 Å². The van der Waals surface area contributed by atoms with E-state index in [-0.39, 0.29) is 11.3 Å². The number of nitrogens with one attached hydrogen (secondary N) is 1. The zero-order chi connectivity index (χ0) is 29.6. The van der Waals surface area contributed by atoms with E-state index in [4.69, 9.17) is 26.3 Å². The molecule has 2 aromatic carbocycles. The second-order valence-electron chi connectivity index (χ2n) is 14.2. The molecule has 1 aromatic heterocycles. The summed E-state index contributed by atoms with van der Waals surface area (Å²) >= 11 is 6.71. The predicted molar refractivity (Wildman–Crippen MR) is 170 cm³/mol. The van der Waals surface area contributed by atoms with Gasteiger partial charge in [-0.25, -0.2) is 4.39 Å². The number of aromatic hydroxyl groups is 1. The Morgan fingerprint density at radius 3 is 2.77 bits per heavy atom. The van der Waals surface area contributed by atoms with Crippen LogP contribution in [0.25, 0.3) is 10.8 Å². The minimum atomic E-state index is -0.797. The normalized spacial score (nSPS) is 32.7. The highest BCUT2D eigenvalue weighted by Gasteiger charge is 2.58. The van der Waals surface area contributed by atoms with E-state index < -0.39 is 6.17 Å². The van der Waals surface area contributed by atoms with Gasteiger partial charge in [-0.05, 0) is 62.0 Å². The summed E-state index contributed by atoms with van der Waals surface area (Å²) in [6, 6.07) is 11.2. The lowest BCUT2D eigenvalue weighted by Crippen LogP contribution is -2.52. The summed E-state index contributed by atoms with van der Waals surface area (Å²) in [5.74, 6) is 1.87. The summed E-state index contributed by atoms with van der Waals surface area (Å²) < 4.78 is 21.5. The molecule has 8 nitrogen and oxygen atoms in total. The first kappa shape index (κ1) is 27.4. The van der Waals surface area contributed by atoms with Gasteiger partial charge in [-0.3, -0.25) is 4.90 Å². The highest BCUT2D eigenvalue weighted by atomic mass is 35.5. The predicted octanol–water partition coefficient (Wildman–Crippen LogP) is 5.23. The van der Waals surface area contributed by atoms with E-state index in [1.165, 1.54) is 37.7 Å². The number of hydrogen-bond donors (Lipinski definition) is 2. The van der Waals surface area contributed by atoms with E-state index in [1.807, 2.05) is 24.3 Å². The summed E-state index contributed by atoms with van der Waals surface area (Å²) in [4.78, 5) is 17.3. The number of phenolic OH excluding ortho intramolecular Hbond substituents is 1. The third kappa shape index (κ3) is 4.44. The van der Waals surface area contributed by atoms with Crippen LogP contribution in [0.15, 0.2) is 30.3 Å². The smallest absolute Gasteiger partial charge is 0.318 e. The van der Waals surface area contributed by atoms with Crippen molar-refractivity contribution in [1.82, 2.24) is 20.2 Å². The number of aromatic nitrogens is 2. The van der Waals surface area contributed by atoms with Gasteiger partial charge < -0.3 is 25.0 Å². The fourth-order valence-electron chi connectivity index (χ4n) is 9.73. The first-order valence-corrected chi connectivity index (χ1v) is 16.9. The maximum Gasteiger partial charge on any atom is 0.318 e. The number of nitrogens with zero attached hydrogens (tertiary/aromatic N) is 5. The average Bonchev–Trinajstić information content (AvgIpc) is 3.75.